The van der Waals surface area contributed by atoms with Crippen molar-refractivity contribution in [2.45, 2.75) is 44.8 Å². The van der Waals surface area contributed by atoms with Crippen LogP contribution in [0.15, 0.2) is 0 Å². The molecule has 0 aliphatic carbocycles. The first-order valence-corrected chi connectivity index (χ1v) is 6.97. The summed E-state index contributed by atoms with van der Waals surface area (Å²) in [5, 5.41) is 9.97. The van der Waals surface area contributed by atoms with Crippen LogP contribution in [0.3, 0.4) is 0 Å². The number of nitrogens with zero attached hydrogens (tertiary/aromatic N) is 2. The number of morpholine rings is 1. The van der Waals surface area contributed by atoms with Crippen LogP contribution in [0.25, 0.3) is 0 Å². The maximum Gasteiger partial charge on any atom is 0.390 e. The van der Waals surface area contributed by atoms with Crippen molar-refractivity contribution >= 4 is 0 Å². The van der Waals surface area contributed by atoms with Crippen LogP contribution < -0.4 is 0 Å². The van der Waals surface area contributed by atoms with Crippen molar-refractivity contribution in [1.82, 2.24) is 9.80 Å². The van der Waals surface area contributed by atoms with Gasteiger partial charge in [-0.05, 0) is 20.9 Å². The fourth-order valence-electron chi connectivity index (χ4n) is 2.56. The van der Waals surface area contributed by atoms with Crippen LogP contribution in [0, 0.1) is 0 Å². The van der Waals surface area contributed by atoms with Crippen molar-refractivity contribution in [1.29, 1.82) is 0 Å². The number of aliphatic hydroxyl groups is 1. The minimum atomic E-state index is -4.14. The number of halogens is 3. The normalized spacial score (nSPS) is 27.0. The van der Waals surface area contributed by atoms with Crippen molar-refractivity contribution in [3.05, 3.63) is 0 Å². The van der Waals surface area contributed by atoms with E-state index < -0.39 is 18.7 Å². The minimum absolute atomic E-state index is 0.0868. The first kappa shape index (κ1) is 17.7. The van der Waals surface area contributed by atoms with Gasteiger partial charge in [0.1, 0.15) is 0 Å². The molecule has 7 heteroatoms. The maximum absolute atomic E-state index is 12.1. The summed E-state index contributed by atoms with van der Waals surface area (Å²) in [5.41, 5.74) is 0. The molecule has 3 unspecified atom stereocenters. The number of ether oxygens (including phenoxy) is 1. The molecular weight excluding hydrogens is 273 g/mol. The predicted octanol–water partition coefficient (Wildman–Crippen LogP) is 1.34. The number of rotatable bonds is 6. The Hall–Kier alpha value is -0.370. The van der Waals surface area contributed by atoms with Crippen LogP contribution in [0.5, 0.6) is 0 Å². The standard InChI is InChI=1S/C13H25F3N2O2/c1-10-6-18(7-11(2)20-10)9-12(19)8-17(3)5-4-13(14,15)16/h10-12,19H,4-9H2,1-3H3. The SMILES string of the molecule is CC1CN(CC(O)CN(C)CCC(F)(F)F)CC(C)O1. The Labute approximate surface area is 118 Å². The Morgan fingerprint density at radius 3 is 2.35 bits per heavy atom. The first-order chi connectivity index (χ1) is 9.15. The Kier molecular flexibility index (Phi) is 6.71. The molecule has 120 valence electrons. The van der Waals surface area contributed by atoms with E-state index in [1.807, 2.05) is 13.8 Å². The molecule has 0 aromatic carbocycles. The van der Waals surface area contributed by atoms with Crippen LogP contribution in [0.1, 0.15) is 20.3 Å². The Morgan fingerprint density at radius 1 is 1.30 bits per heavy atom. The zero-order chi connectivity index (χ0) is 15.3. The average Bonchev–Trinajstić information content (AvgIpc) is 2.23. The molecule has 0 aromatic heterocycles. The molecule has 1 aliphatic rings. The summed E-state index contributed by atoms with van der Waals surface area (Å²) in [4.78, 5) is 3.62. The molecule has 4 nitrogen and oxygen atoms in total. The molecule has 1 saturated heterocycles. The van der Waals surface area contributed by atoms with Gasteiger partial charge < -0.3 is 14.7 Å². The van der Waals surface area contributed by atoms with Gasteiger partial charge >= 0.3 is 6.18 Å². The molecule has 0 radical (unpaired) electrons. The van der Waals surface area contributed by atoms with Crippen molar-refractivity contribution in [3.63, 3.8) is 0 Å². The van der Waals surface area contributed by atoms with E-state index in [9.17, 15) is 18.3 Å². The van der Waals surface area contributed by atoms with Gasteiger partial charge in [0.2, 0.25) is 0 Å². The summed E-state index contributed by atoms with van der Waals surface area (Å²) >= 11 is 0. The van der Waals surface area contributed by atoms with E-state index in [-0.39, 0.29) is 25.3 Å². The highest BCUT2D eigenvalue weighted by Gasteiger charge is 2.28. The highest BCUT2D eigenvalue weighted by Crippen LogP contribution is 2.19. The quantitative estimate of drug-likeness (QED) is 0.803. The zero-order valence-electron chi connectivity index (χ0n) is 12.4. The van der Waals surface area contributed by atoms with E-state index in [0.29, 0.717) is 6.54 Å². The number of hydrogen-bond donors (Lipinski definition) is 1. The molecule has 1 fully saturated rings. The lowest BCUT2D eigenvalue weighted by Gasteiger charge is -2.36. The lowest BCUT2D eigenvalue weighted by molar-refractivity contribution is -0.138. The van der Waals surface area contributed by atoms with Crippen LogP contribution in [-0.4, -0.2) is 79.2 Å². The molecule has 0 aromatic rings. The topological polar surface area (TPSA) is 35.9 Å². The molecule has 0 saturated carbocycles. The largest absolute Gasteiger partial charge is 0.390 e. The lowest BCUT2D eigenvalue weighted by atomic mass is 10.2. The van der Waals surface area contributed by atoms with Crippen LogP contribution in [-0.2, 0) is 4.74 Å². The van der Waals surface area contributed by atoms with Gasteiger partial charge in [-0.2, -0.15) is 13.2 Å². The molecule has 1 N–H and O–H groups in total. The molecule has 0 bridgehead atoms. The highest BCUT2D eigenvalue weighted by molar-refractivity contribution is 4.76. The minimum Gasteiger partial charge on any atom is -0.390 e. The number of likely N-dealkylation sites (N-methyl/N-ethyl adjacent to an activating group) is 1. The van der Waals surface area contributed by atoms with E-state index in [4.69, 9.17) is 4.74 Å². The van der Waals surface area contributed by atoms with E-state index in [1.165, 1.54) is 4.90 Å². The molecule has 3 atom stereocenters. The Bertz CT molecular complexity index is 279. The van der Waals surface area contributed by atoms with Gasteiger partial charge in [-0.3, -0.25) is 4.90 Å². The molecule has 0 spiro atoms. The number of aliphatic hydroxyl groups excluding tert-OH is 1. The summed E-state index contributed by atoms with van der Waals surface area (Å²) in [6.45, 7) is 6.07. The molecule has 1 heterocycles. The van der Waals surface area contributed by atoms with Gasteiger partial charge in [0, 0.05) is 32.7 Å². The molecule has 1 aliphatic heterocycles. The van der Waals surface area contributed by atoms with Gasteiger partial charge in [0.05, 0.1) is 24.7 Å². The average molecular weight is 298 g/mol. The van der Waals surface area contributed by atoms with E-state index in [0.717, 1.165) is 13.1 Å². The van der Waals surface area contributed by atoms with Crippen molar-refractivity contribution in [2.75, 3.05) is 39.8 Å². The molecule has 1 rings (SSSR count). The second kappa shape index (κ2) is 7.59. The summed E-state index contributed by atoms with van der Waals surface area (Å²) in [7, 11) is 1.60. The molecule has 20 heavy (non-hydrogen) atoms. The molecular formula is C13H25F3N2O2. The number of alkyl halides is 3. The van der Waals surface area contributed by atoms with Crippen molar-refractivity contribution in [2.24, 2.45) is 0 Å². The Balaban J connectivity index is 2.26. The van der Waals surface area contributed by atoms with E-state index in [2.05, 4.69) is 4.90 Å². The number of hydrogen-bond acceptors (Lipinski definition) is 4. The number of β-amino-alcohol motifs (C(OH)–C–C–N with tert-alkyl or cyclic N) is 1. The predicted molar refractivity (Wildman–Crippen MR) is 70.6 cm³/mol. The van der Waals surface area contributed by atoms with Gasteiger partial charge in [-0.1, -0.05) is 0 Å². The third-order valence-electron chi connectivity index (χ3n) is 3.26. The second-order valence-corrected chi connectivity index (χ2v) is 5.76. The van der Waals surface area contributed by atoms with Crippen LogP contribution in [0.4, 0.5) is 13.2 Å². The van der Waals surface area contributed by atoms with Crippen LogP contribution in [0.2, 0.25) is 0 Å². The smallest absolute Gasteiger partial charge is 0.390 e. The summed E-state index contributed by atoms with van der Waals surface area (Å²) in [6.07, 6.45) is -5.40. The summed E-state index contributed by atoms with van der Waals surface area (Å²) in [5.74, 6) is 0. The third kappa shape index (κ3) is 7.42. The third-order valence-corrected chi connectivity index (χ3v) is 3.26. The van der Waals surface area contributed by atoms with E-state index >= 15 is 0 Å². The summed E-state index contributed by atoms with van der Waals surface area (Å²) in [6, 6.07) is 0. The van der Waals surface area contributed by atoms with Crippen LogP contribution >= 0.6 is 0 Å². The van der Waals surface area contributed by atoms with Gasteiger partial charge in [0.15, 0.2) is 0 Å². The maximum atomic E-state index is 12.1. The lowest BCUT2D eigenvalue weighted by Crippen LogP contribution is -2.49. The highest BCUT2D eigenvalue weighted by atomic mass is 19.4. The zero-order valence-corrected chi connectivity index (χ0v) is 12.4. The van der Waals surface area contributed by atoms with Crippen molar-refractivity contribution < 1.29 is 23.0 Å². The monoisotopic (exact) mass is 298 g/mol. The van der Waals surface area contributed by atoms with Gasteiger partial charge in [0.25, 0.3) is 0 Å². The molecule has 0 amide bonds. The van der Waals surface area contributed by atoms with Gasteiger partial charge in [-0.15, -0.1) is 0 Å². The second-order valence-electron chi connectivity index (χ2n) is 5.76. The fraction of sp³-hybridized carbons (Fsp3) is 1.00. The Morgan fingerprint density at radius 2 is 1.85 bits per heavy atom. The van der Waals surface area contributed by atoms with E-state index in [1.54, 1.807) is 7.05 Å². The van der Waals surface area contributed by atoms with Crippen molar-refractivity contribution in [3.8, 4) is 0 Å². The fourth-order valence-corrected chi connectivity index (χ4v) is 2.56. The first-order valence-electron chi connectivity index (χ1n) is 6.97. The summed E-state index contributed by atoms with van der Waals surface area (Å²) < 4.78 is 41.9. The van der Waals surface area contributed by atoms with Gasteiger partial charge in [-0.25, -0.2) is 0 Å².